The molecular formula is C31H61NO9. The molecule has 10 heteroatoms. The fourth-order valence-corrected chi connectivity index (χ4v) is 5.25. The molecule has 8 atom stereocenters. The van der Waals surface area contributed by atoms with Crippen molar-refractivity contribution >= 4 is 5.91 Å². The van der Waals surface area contributed by atoms with Crippen molar-refractivity contribution < 1.29 is 44.9 Å². The number of unbranched alkanes of at least 4 members (excludes halogenated alkanes) is 14. The molecular weight excluding hydrogens is 530 g/mol. The molecule has 1 aliphatic heterocycles. The number of carbonyl (C=O) groups is 1. The van der Waals surface area contributed by atoms with E-state index in [1.54, 1.807) is 0 Å². The standard InChI is InChI=1S/C31H61NO9/c1-3-5-7-9-10-11-12-13-14-15-16-17-19-24(34)27(36)23(32-26(35)20-18-8-6-4-2)22-40-31-30(39)29(38)28(37)25(21-33)41-31/h23-25,27-31,33-34,36-39H,3-22H2,1-2H3,(H,32,35)/t23-,24+,25?,27-,28?,29?,30?,31?/m0/s1. The van der Waals surface area contributed by atoms with Crippen LogP contribution >= 0.6 is 0 Å². The van der Waals surface area contributed by atoms with Crippen molar-refractivity contribution in [1.82, 2.24) is 5.32 Å². The Balaban J connectivity index is 2.51. The Morgan fingerprint density at radius 1 is 0.756 bits per heavy atom. The molecule has 5 unspecified atom stereocenters. The third-order valence-corrected chi connectivity index (χ3v) is 8.05. The predicted octanol–water partition coefficient (Wildman–Crippen LogP) is 3.07. The van der Waals surface area contributed by atoms with E-state index in [1.165, 1.54) is 51.4 Å². The van der Waals surface area contributed by atoms with Crippen LogP contribution in [0.3, 0.4) is 0 Å². The second-order valence-corrected chi connectivity index (χ2v) is 11.8. The van der Waals surface area contributed by atoms with E-state index in [4.69, 9.17) is 9.47 Å². The molecule has 0 aliphatic carbocycles. The Hall–Kier alpha value is -0.850. The monoisotopic (exact) mass is 591 g/mol. The molecule has 1 heterocycles. The second-order valence-electron chi connectivity index (χ2n) is 11.8. The highest BCUT2D eigenvalue weighted by Crippen LogP contribution is 2.23. The van der Waals surface area contributed by atoms with Gasteiger partial charge in [-0.15, -0.1) is 0 Å². The number of amides is 1. The number of aliphatic hydroxyl groups is 6. The van der Waals surface area contributed by atoms with E-state index in [1.807, 2.05) is 0 Å². The molecule has 1 rings (SSSR count). The molecule has 0 aromatic heterocycles. The highest BCUT2D eigenvalue weighted by atomic mass is 16.7. The Bertz CT molecular complexity index is 639. The van der Waals surface area contributed by atoms with Crippen LogP contribution in [0.4, 0.5) is 0 Å². The number of aliphatic hydroxyl groups excluding tert-OH is 6. The number of hydrogen-bond acceptors (Lipinski definition) is 9. The molecule has 0 radical (unpaired) electrons. The van der Waals surface area contributed by atoms with Crippen LogP contribution in [-0.4, -0.2) is 98.7 Å². The summed E-state index contributed by atoms with van der Waals surface area (Å²) in [6, 6.07) is -0.978. The van der Waals surface area contributed by atoms with Gasteiger partial charge in [0.25, 0.3) is 0 Å². The van der Waals surface area contributed by atoms with Crippen LogP contribution in [0.5, 0.6) is 0 Å². The van der Waals surface area contributed by atoms with Gasteiger partial charge in [-0.25, -0.2) is 0 Å². The van der Waals surface area contributed by atoms with E-state index in [9.17, 15) is 35.4 Å². The highest BCUT2D eigenvalue weighted by molar-refractivity contribution is 5.76. The minimum absolute atomic E-state index is 0.276. The SMILES string of the molecule is CCCCCCCCCCCCCC[C@@H](O)[C@@H](O)[C@H](COC1OC(CO)C(O)C(O)C1O)NC(=O)CCCCCC. The lowest BCUT2D eigenvalue weighted by molar-refractivity contribution is -0.303. The molecule has 1 saturated heterocycles. The Labute approximate surface area is 247 Å². The first-order chi connectivity index (χ1) is 19.8. The van der Waals surface area contributed by atoms with E-state index in [0.29, 0.717) is 12.8 Å². The van der Waals surface area contributed by atoms with E-state index >= 15 is 0 Å². The van der Waals surface area contributed by atoms with E-state index in [0.717, 1.165) is 44.9 Å². The third-order valence-electron chi connectivity index (χ3n) is 8.05. The maximum absolute atomic E-state index is 12.6. The van der Waals surface area contributed by atoms with Crippen LogP contribution in [0.2, 0.25) is 0 Å². The number of rotatable bonds is 25. The average molecular weight is 592 g/mol. The summed E-state index contributed by atoms with van der Waals surface area (Å²) in [6.07, 6.45) is 9.05. The molecule has 41 heavy (non-hydrogen) atoms. The molecule has 0 bridgehead atoms. The van der Waals surface area contributed by atoms with Crippen LogP contribution in [0.25, 0.3) is 0 Å². The Morgan fingerprint density at radius 3 is 1.80 bits per heavy atom. The van der Waals surface area contributed by atoms with Crippen LogP contribution in [0, 0.1) is 0 Å². The van der Waals surface area contributed by atoms with E-state index in [-0.39, 0.29) is 18.9 Å². The molecule has 1 amide bonds. The lowest BCUT2D eigenvalue weighted by Crippen LogP contribution is -2.60. The summed E-state index contributed by atoms with van der Waals surface area (Å²) in [7, 11) is 0. The normalized spacial score (nSPS) is 25.1. The summed E-state index contributed by atoms with van der Waals surface area (Å²) in [5.41, 5.74) is 0. The van der Waals surface area contributed by atoms with Crippen molar-refractivity contribution in [2.75, 3.05) is 13.2 Å². The lowest BCUT2D eigenvalue weighted by atomic mass is 9.98. The lowest BCUT2D eigenvalue weighted by Gasteiger charge is -2.40. The third kappa shape index (κ3) is 16.0. The summed E-state index contributed by atoms with van der Waals surface area (Å²) in [4.78, 5) is 12.6. The van der Waals surface area contributed by atoms with Crippen molar-refractivity contribution in [3.8, 4) is 0 Å². The zero-order chi connectivity index (χ0) is 30.5. The topological polar surface area (TPSA) is 169 Å². The molecule has 10 nitrogen and oxygen atoms in total. The van der Waals surface area contributed by atoms with Gasteiger partial charge in [0.05, 0.1) is 25.4 Å². The minimum Gasteiger partial charge on any atom is -0.394 e. The van der Waals surface area contributed by atoms with Gasteiger partial charge in [-0.2, -0.15) is 0 Å². The zero-order valence-electron chi connectivity index (χ0n) is 25.7. The van der Waals surface area contributed by atoms with Crippen molar-refractivity contribution in [3.63, 3.8) is 0 Å². The smallest absolute Gasteiger partial charge is 0.220 e. The maximum Gasteiger partial charge on any atom is 0.220 e. The minimum atomic E-state index is -1.60. The van der Waals surface area contributed by atoms with E-state index < -0.39 is 55.6 Å². The van der Waals surface area contributed by atoms with Crippen LogP contribution in [0.15, 0.2) is 0 Å². The van der Waals surface area contributed by atoms with Gasteiger partial charge < -0.3 is 45.4 Å². The van der Waals surface area contributed by atoms with Gasteiger partial charge in [-0.3, -0.25) is 4.79 Å². The fourth-order valence-electron chi connectivity index (χ4n) is 5.25. The Morgan fingerprint density at radius 2 is 1.27 bits per heavy atom. The van der Waals surface area contributed by atoms with Gasteiger partial charge >= 0.3 is 0 Å². The summed E-state index contributed by atoms with van der Waals surface area (Å²) in [5.74, 6) is -0.278. The van der Waals surface area contributed by atoms with Gasteiger partial charge in [0.15, 0.2) is 6.29 Å². The second kappa shape index (κ2) is 23.6. The number of carbonyl (C=O) groups excluding carboxylic acids is 1. The molecule has 0 aromatic carbocycles. The highest BCUT2D eigenvalue weighted by Gasteiger charge is 2.44. The summed E-state index contributed by atoms with van der Waals surface area (Å²) < 4.78 is 11.0. The Kier molecular flexibility index (Phi) is 22.0. The van der Waals surface area contributed by atoms with Crippen LogP contribution in [0.1, 0.15) is 129 Å². The first-order valence-corrected chi connectivity index (χ1v) is 16.3. The van der Waals surface area contributed by atoms with Crippen molar-refractivity contribution in [2.24, 2.45) is 0 Å². The van der Waals surface area contributed by atoms with Gasteiger partial charge in [0.2, 0.25) is 5.91 Å². The summed E-state index contributed by atoms with van der Waals surface area (Å²) in [6.45, 7) is 3.42. The first kappa shape index (κ1) is 38.2. The molecule has 1 fully saturated rings. The summed E-state index contributed by atoms with van der Waals surface area (Å²) >= 11 is 0. The number of hydrogen-bond donors (Lipinski definition) is 7. The predicted molar refractivity (Wildman–Crippen MR) is 158 cm³/mol. The number of ether oxygens (including phenoxy) is 2. The summed E-state index contributed by atoms with van der Waals surface area (Å²) in [5, 5.41) is 64.1. The van der Waals surface area contributed by atoms with Crippen molar-refractivity contribution in [3.05, 3.63) is 0 Å². The molecule has 0 aromatic rings. The van der Waals surface area contributed by atoms with Gasteiger partial charge in [0.1, 0.15) is 30.5 Å². The fraction of sp³-hybridized carbons (Fsp3) is 0.968. The van der Waals surface area contributed by atoms with Gasteiger partial charge in [-0.05, 0) is 12.8 Å². The molecule has 244 valence electrons. The molecule has 0 spiro atoms. The largest absolute Gasteiger partial charge is 0.394 e. The van der Waals surface area contributed by atoms with Crippen LogP contribution < -0.4 is 5.32 Å². The van der Waals surface area contributed by atoms with Crippen molar-refractivity contribution in [1.29, 1.82) is 0 Å². The van der Waals surface area contributed by atoms with Crippen LogP contribution in [-0.2, 0) is 14.3 Å². The first-order valence-electron chi connectivity index (χ1n) is 16.3. The quantitative estimate of drug-likeness (QED) is 0.0789. The van der Waals surface area contributed by atoms with E-state index in [2.05, 4.69) is 19.2 Å². The average Bonchev–Trinajstić information content (AvgIpc) is 2.97. The molecule has 0 saturated carbocycles. The molecule has 1 aliphatic rings. The van der Waals surface area contributed by atoms with Crippen molar-refractivity contribution in [2.45, 2.75) is 178 Å². The van der Waals surface area contributed by atoms with Gasteiger partial charge in [0, 0.05) is 6.42 Å². The zero-order valence-corrected chi connectivity index (χ0v) is 25.7. The molecule has 7 N–H and O–H groups in total. The maximum atomic E-state index is 12.6. The van der Waals surface area contributed by atoms with Gasteiger partial charge in [-0.1, -0.05) is 110 Å². The number of nitrogens with one attached hydrogen (secondary N) is 1.